The molecule has 1 N–H and O–H groups in total. The van der Waals surface area contributed by atoms with Crippen molar-refractivity contribution < 1.29 is 8.42 Å². The number of sulfonamides is 1. The van der Waals surface area contributed by atoms with Gasteiger partial charge in [-0.3, -0.25) is 0 Å². The van der Waals surface area contributed by atoms with Crippen molar-refractivity contribution in [1.82, 2.24) is 9.62 Å². The highest BCUT2D eigenvalue weighted by molar-refractivity contribution is 7.88. The standard InChI is InChI=1S/C15H30N2O2S/c1-3-16-15-8-4-6-13(11-15)10-14-7-5-9-17(12-14)20(2,18)19/h13-16H,3-12H2,1-2H3. The molecule has 0 radical (unpaired) electrons. The second kappa shape index (κ2) is 7.23. The third kappa shape index (κ3) is 4.71. The fourth-order valence-corrected chi connectivity index (χ4v) is 4.91. The third-order valence-electron chi connectivity index (χ3n) is 4.89. The van der Waals surface area contributed by atoms with Gasteiger partial charge in [0.15, 0.2) is 0 Å². The van der Waals surface area contributed by atoms with Crippen molar-refractivity contribution in [1.29, 1.82) is 0 Å². The average Bonchev–Trinajstić information content (AvgIpc) is 2.39. The first-order valence-corrected chi connectivity index (χ1v) is 10.0. The lowest BCUT2D eigenvalue weighted by Crippen LogP contribution is -2.40. The van der Waals surface area contributed by atoms with Crippen molar-refractivity contribution in [2.24, 2.45) is 11.8 Å². The van der Waals surface area contributed by atoms with Gasteiger partial charge in [-0.05, 0) is 50.5 Å². The van der Waals surface area contributed by atoms with Crippen molar-refractivity contribution in [3.63, 3.8) is 0 Å². The maximum Gasteiger partial charge on any atom is 0.211 e. The summed E-state index contributed by atoms with van der Waals surface area (Å²) in [6.07, 6.45) is 10.0. The molecule has 0 aromatic heterocycles. The molecular formula is C15H30N2O2S. The number of nitrogens with zero attached hydrogens (tertiary/aromatic N) is 1. The van der Waals surface area contributed by atoms with E-state index in [0.717, 1.165) is 32.0 Å². The molecule has 1 aliphatic heterocycles. The molecule has 1 saturated heterocycles. The normalized spacial score (nSPS) is 33.2. The van der Waals surface area contributed by atoms with Gasteiger partial charge in [0.25, 0.3) is 0 Å². The average molecular weight is 302 g/mol. The zero-order valence-corrected chi connectivity index (χ0v) is 13.8. The summed E-state index contributed by atoms with van der Waals surface area (Å²) in [6, 6.07) is 0.688. The quantitative estimate of drug-likeness (QED) is 0.847. The van der Waals surface area contributed by atoms with E-state index in [-0.39, 0.29) is 0 Å². The maximum absolute atomic E-state index is 11.7. The predicted molar refractivity (Wildman–Crippen MR) is 83.2 cm³/mol. The molecule has 0 aromatic carbocycles. The van der Waals surface area contributed by atoms with Gasteiger partial charge in [-0.1, -0.05) is 19.8 Å². The molecule has 1 heterocycles. The van der Waals surface area contributed by atoms with E-state index in [1.165, 1.54) is 44.8 Å². The van der Waals surface area contributed by atoms with Crippen molar-refractivity contribution in [3.8, 4) is 0 Å². The lowest BCUT2D eigenvalue weighted by molar-refractivity contribution is 0.193. The summed E-state index contributed by atoms with van der Waals surface area (Å²) in [7, 11) is -3.00. The van der Waals surface area contributed by atoms with Crippen LogP contribution in [0.5, 0.6) is 0 Å². The zero-order valence-electron chi connectivity index (χ0n) is 13.0. The minimum Gasteiger partial charge on any atom is -0.314 e. The molecule has 0 bridgehead atoms. The van der Waals surface area contributed by atoms with Gasteiger partial charge in [0.1, 0.15) is 0 Å². The van der Waals surface area contributed by atoms with E-state index in [1.807, 2.05) is 0 Å². The van der Waals surface area contributed by atoms with E-state index in [1.54, 1.807) is 4.31 Å². The largest absolute Gasteiger partial charge is 0.314 e. The van der Waals surface area contributed by atoms with E-state index in [4.69, 9.17) is 0 Å². The second-order valence-corrected chi connectivity index (χ2v) is 8.63. The van der Waals surface area contributed by atoms with Crippen LogP contribution in [0.15, 0.2) is 0 Å². The molecule has 3 unspecified atom stereocenters. The first-order chi connectivity index (χ1) is 9.49. The Hall–Kier alpha value is -0.130. The van der Waals surface area contributed by atoms with Gasteiger partial charge in [0.05, 0.1) is 6.26 Å². The molecule has 0 amide bonds. The van der Waals surface area contributed by atoms with Gasteiger partial charge < -0.3 is 5.32 Å². The highest BCUT2D eigenvalue weighted by atomic mass is 32.2. The van der Waals surface area contributed by atoms with Gasteiger partial charge in [-0.15, -0.1) is 0 Å². The Labute approximate surface area is 124 Å². The Morgan fingerprint density at radius 1 is 1.15 bits per heavy atom. The smallest absolute Gasteiger partial charge is 0.211 e. The summed E-state index contributed by atoms with van der Waals surface area (Å²) in [4.78, 5) is 0. The Kier molecular flexibility index (Phi) is 5.87. The van der Waals surface area contributed by atoms with E-state index in [9.17, 15) is 8.42 Å². The molecule has 3 atom stereocenters. The number of hydrogen-bond donors (Lipinski definition) is 1. The van der Waals surface area contributed by atoms with Crippen LogP contribution in [0, 0.1) is 11.8 Å². The van der Waals surface area contributed by atoms with Crippen LogP contribution in [-0.4, -0.2) is 44.7 Å². The number of piperidine rings is 1. The van der Waals surface area contributed by atoms with Crippen molar-refractivity contribution in [2.75, 3.05) is 25.9 Å². The van der Waals surface area contributed by atoms with Crippen LogP contribution in [0.1, 0.15) is 51.9 Å². The molecule has 2 rings (SSSR count). The van der Waals surface area contributed by atoms with Gasteiger partial charge >= 0.3 is 0 Å². The summed E-state index contributed by atoms with van der Waals surface area (Å²) in [5, 5.41) is 3.58. The van der Waals surface area contributed by atoms with E-state index < -0.39 is 10.0 Å². The van der Waals surface area contributed by atoms with Crippen LogP contribution < -0.4 is 5.32 Å². The second-order valence-electron chi connectivity index (χ2n) is 6.65. The summed E-state index contributed by atoms with van der Waals surface area (Å²) < 4.78 is 25.0. The summed E-state index contributed by atoms with van der Waals surface area (Å²) in [6.45, 7) is 4.71. The van der Waals surface area contributed by atoms with Crippen LogP contribution in [-0.2, 0) is 10.0 Å². The predicted octanol–water partition coefficient (Wildman–Crippen LogP) is 2.22. The molecule has 2 fully saturated rings. The minimum absolute atomic E-state index is 0.573. The summed E-state index contributed by atoms with van der Waals surface area (Å²) in [5.74, 6) is 1.36. The van der Waals surface area contributed by atoms with Crippen LogP contribution in [0.4, 0.5) is 0 Å². The fraction of sp³-hybridized carbons (Fsp3) is 1.00. The maximum atomic E-state index is 11.7. The number of hydrogen-bond acceptors (Lipinski definition) is 3. The number of nitrogens with one attached hydrogen (secondary N) is 1. The molecular weight excluding hydrogens is 272 g/mol. The van der Waals surface area contributed by atoms with E-state index in [0.29, 0.717) is 12.0 Å². The minimum atomic E-state index is -3.00. The lowest BCUT2D eigenvalue weighted by Gasteiger charge is -2.36. The van der Waals surface area contributed by atoms with Crippen LogP contribution in [0.2, 0.25) is 0 Å². The van der Waals surface area contributed by atoms with Crippen LogP contribution in [0.3, 0.4) is 0 Å². The number of rotatable bonds is 5. The molecule has 118 valence electrons. The fourth-order valence-electron chi connectivity index (χ4n) is 3.97. The molecule has 4 nitrogen and oxygen atoms in total. The Morgan fingerprint density at radius 2 is 1.90 bits per heavy atom. The first-order valence-electron chi connectivity index (χ1n) is 8.17. The van der Waals surface area contributed by atoms with Crippen molar-refractivity contribution in [3.05, 3.63) is 0 Å². The SMILES string of the molecule is CCNC1CCCC(CC2CCCN(S(C)(=O)=O)C2)C1. The van der Waals surface area contributed by atoms with Crippen molar-refractivity contribution >= 4 is 10.0 Å². The summed E-state index contributed by atoms with van der Waals surface area (Å²) >= 11 is 0. The monoisotopic (exact) mass is 302 g/mol. The molecule has 0 spiro atoms. The molecule has 1 aliphatic carbocycles. The van der Waals surface area contributed by atoms with Gasteiger partial charge in [0, 0.05) is 19.1 Å². The van der Waals surface area contributed by atoms with E-state index >= 15 is 0 Å². The zero-order chi connectivity index (χ0) is 14.6. The van der Waals surface area contributed by atoms with Gasteiger partial charge in [0.2, 0.25) is 10.0 Å². The highest BCUT2D eigenvalue weighted by Crippen LogP contribution is 2.33. The Balaban J connectivity index is 1.83. The molecule has 2 aliphatic rings. The Morgan fingerprint density at radius 3 is 2.60 bits per heavy atom. The van der Waals surface area contributed by atoms with E-state index in [2.05, 4.69) is 12.2 Å². The van der Waals surface area contributed by atoms with Crippen LogP contribution >= 0.6 is 0 Å². The Bertz CT molecular complexity index is 395. The summed E-state index contributed by atoms with van der Waals surface area (Å²) in [5.41, 5.74) is 0. The molecule has 20 heavy (non-hydrogen) atoms. The lowest BCUT2D eigenvalue weighted by atomic mass is 9.79. The molecule has 1 saturated carbocycles. The third-order valence-corrected chi connectivity index (χ3v) is 6.16. The molecule has 5 heteroatoms. The molecule has 0 aromatic rings. The highest BCUT2D eigenvalue weighted by Gasteiger charge is 2.29. The van der Waals surface area contributed by atoms with Crippen molar-refractivity contribution in [2.45, 2.75) is 57.9 Å². The van der Waals surface area contributed by atoms with Gasteiger partial charge in [-0.2, -0.15) is 0 Å². The van der Waals surface area contributed by atoms with Gasteiger partial charge in [-0.25, -0.2) is 12.7 Å². The van der Waals surface area contributed by atoms with Crippen LogP contribution in [0.25, 0.3) is 0 Å². The topological polar surface area (TPSA) is 49.4 Å². The first kappa shape index (κ1) is 16.2.